The summed E-state index contributed by atoms with van der Waals surface area (Å²) in [5.74, 6) is 2.44. The Kier molecular flexibility index (Phi) is 3.96. The van der Waals surface area contributed by atoms with Gasteiger partial charge >= 0.3 is 0 Å². The quantitative estimate of drug-likeness (QED) is 0.814. The van der Waals surface area contributed by atoms with Crippen molar-refractivity contribution < 1.29 is 15.0 Å². The predicted molar refractivity (Wildman–Crippen MR) is 93.3 cm³/mol. The first-order valence-corrected chi connectivity index (χ1v) is 9.95. The highest BCUT2D eigenvalue weighted by molar-refractivity contribution is 5.91. The normalized spacial score (nSPS) is 49.0. The van der Waals surface area contributed by atoms with E-state index in [1.54, 1.807) is 0 Å². The summed E-state index contributed by atoms with van der Waals surface area (Å²) in [4.78, 5) is 11.9. The number of ketones is 1. The number of hydrogen-bond acceptors (Lipinski definition) is 3. The third kappa shape index (κ3) is 2.13. The van der Waals surface area contributed by atoms with Gasteiger partial charge in [-0.3, -0.25) is 4.79 Å². The number of carbonyl (C=O) groups is 1. The number of rotatable bonds is 2. The van der Waals surface area contributed by atoms with Crippen LogP contribution in [0.4, 0.5) is 0 Å². The molecule has 0 radical (unpaired) electrons. The van der Waals surface area contributed by atoms with Crippen LogP contribution < -0.4 is 0 Å². The lowest BCUT2D eigenvalue weighted by Crippen LogP contribution is -2.53. The third-order valence-corrected chi connectivity index (χ3v) is 8.62. The average Bonchev–Trinajstić information content (AvgIpc) is 2.95. The zero-order chi connectivity index (χ0) is 17.1. The Hall–Kier alpha value is -0.670. The molecule has 0 bridgehead atoms. The molecule has 2 N–H and O–H groups in total. The molecule has 4 aliphatic rings. The molecule has 0 spiro atoms. The molecule has 134 valence electrons. The van der Waals surface area contributed by atoms with Crippen molar-refractivity contribution in [1.29, 1.82) is 0 Å². The van der Waals surface area contributed by atoms with E-state index in [0.717, 1.165) is 44.9 Å². The van der Waals surface area contributed by atoms with Crippen molar-refractivity contribution in [3.05, 3.63) is 11.6 Å². The third-order valence-electron chi connectivity index (χ3n) is 8.62. The molecular formula is C21H32O3. The highest BCUT2D eigenvalue weighted by Crippen LogP contribution is 2.66. The minimum Gasteiger partial charge on any atom is -0.396 e. The van der Waals surface area contributed by atoms with Gasteiger partial charge in [-0.1, -0.05) is 12.5 Å². The molecule has 0 heterocycles. The van der Waals surface area contributed by atoms with Crippen molar-refractivity contribution in [2.75, 3.05) is 6.61 Å². The molecule has 0 aromatic heterocycles. The standard InChI is InChI=1S/C21H32O3/c1-13(23)17-5-6-19-16-4-3-14-11-15(24)7-9-20(14,2)18(16)8-10-21(17,19)12-22/h11,13,16-19,22-23H,3-10,12H2,1-2H3/t13-,16?,17?,18?,19?,20?,21?/m1/s1. The minimum absolute atomic E-state index is 0.0581. The van der Waals surface area contributed by atoms with Crippen molar-refractivity contribution in [2.24, 2.45) is 34.5 Å². The molecule has 0 aromatic rings. The van der Waals surface area contributed by atoms with Gasteiger partial charge in [0.15, 0.2) is 5.78 Å². The van der Waals surface area contributed by atoms with Gasteiger partial charge in [-0.15, -0.1) is 0 Å². The van der Waals surface area contributed by atoms with Crippen molar-refractivity contribution in [2.45, 2.75) is 71.3 Å². The van der Waals surface area contributed by atoms with Gasteiger partial charge in [0.2, 0.25) is 0 Å². The fraction of sp³-hybridized carbons (Fsp3) is 0.857. The van der Waals surface area contributed by atoms with E-state index in [0.29, 0.717) is 30.0 Å². The average molecular weight is 332 g/mol. The number of aliphatic hydroxyl groups excluding tert-OH is 2. The number of aliphatic hydroxyl groups is 2. The maximum absolute atomic E-state index is 11.9. The van der Waals surface area contributed by atoms with Gasteiger partial charge in [0.05, 0.1) is 6.10 Å². The molecule has 0 amide bonds. The monoisotopic (exact) mass is 332 g/mol. The summed E-state index contributed by atoms with van der Waals surface area (Å²) in [6.45, 7) is 4.54. The summed E-state index contributed by atoms with van der Waals surface area (Å²) < 4.78 is 0. The molecule has 0 saturated heterocycles. The number of hydrogen-bond donors (Lipinski definition) is 2. The molecule has 3 heteroatoms. The van der Waals surface area contributed by atoms with Crippen LogP contribution in [0.25, 0.3) is 0 Å². The molecule has 24 heavy (non-hydrogen) atoms. The Morgan fingerprint density at radius 2 is 1.96 bits per heavy atom. The largest absolute Gasteiger partial charge is 0.396 e. The molecule has 3 fully saturated rings. The number of carbonyl (C=O) groups excluding carboxylic acids is 1. The lowest BCUT2D eigenvalue weighted by molar-refractivity contribution is -0.120. The van der Waals surface area contributed by atoms with Gasteiger partial charge in [-0.25, -0.2) is 0 Å². The maximum Gasteiger partial charge on any atom is 0.155 e. The maximum atomic E-state index is 11.9. The zero-order valence-electron chi connectivity index (χ0n) is 15.1. The van der Waals surface area contributed by atoms with Crippen LogP contribution in [-0.2, 0) is 4.79 Å². The highest BCUT2D eigenvalue weighted by Gasteiger charge is 2.61. The van der Waals surface area contributed by atoms with Crippen LogP contribution >= 0.6 is 0 Å². The molecule has 4 aliphatic carbocycles. The fourth-order valence-corrected chi connectivity index (χ4v) is 7.45. The van der Waals surface area contributed by atoms with Crippen LogP contribution in [0, 0.1) is 34.5 Å². The number of allylic oxidation sites excluding steroid dienone is 1. The summed E-state index contributed by atoms with van der Waals surface area (Å²) in [6.07, 6.45) is 9.98. The fourth-order valence-electron chi connectivity index (χ4n) is 7.45. The van der Waals surface area contributed by atoms with Crippen LogP contribution in [0.15, 0.2) is 11.6 Å². The smallest absolute Gasteiger partial charge is 0.155 e. The van der Waals surface area contributed by atoms with Crippen molar-refractivity contribution in [3.63, 3.8) is 0 Å². The first kappa shape index (κ1) is 16.8. The van der Waals surface area contributed by atoms with Crippen LogP contribution in [0.1, 0.15) is 65.2 Å². The van der Waals surface area contributed by atoms with Gasteiger partial charge in [-0.2, -0.15) is 0 Å². The van der Waals surface area contributed by atoms with Crippen molar-refractivity contribution in [3.8, 4) is 0 Å². The van der Waals surface area contributed by atoms with E-state index in [4.69, 9.17) is 0 Å². The first-order valence-electron chi connectivity index (χ1n) is 9.95. The molecule has 7 atom stereocenters. The van der Waals surface area contributed by atoms with Gasteiger partial charge in [0.25, 0.3) is 0 Å². The van der Waals surface area contributed by atoms with Crippen molar-refractivity contribution >= 4 is 5.78 Å². The summed E-state index contributed by atoms with van der Waals surface area (Å²) in [5.41, 5.74) is 1.54. The highest BCUT2D eigenvalue weighted by atomic mass is 16.3. The zero-order valence-corrected chi connectivity index (χ0v) is 15.1. The molecule has 3 nitrogen and oxygen atoms in total. The molecular weight excluding hydrogens is 300 g/mol. The molecule has 3 saturated carbocycles. The molecule has 4 rings (SSSR count). The van der Waals surface area contributed by atoms with Crippen LogP contribution in [0.2, 0.25) is 0 Å². The first-order chi connectivity index (χ1) is 11.4. The molecule has 6 unspecified atom stereocenters. The summed E-state index contributed by atoms with van der Waals surface area (Å²) in [7, 11) is 0. The Morgan fingerprint density at radius 1 is 1.17 bits per heavy atom. The van der Waals surface area contributed by atoms with E-state index in [1.165, 1.54) is 5.57 Å². The van der Waals surface area contributed by atoms with Crippen LogP contribution in [0.5, 0.6) is 0 Å². The molecule has 0 aromatic carbocycles. The van der Waals surface area contributed by atoms with E-state index in [2.05, 4.69) is 6.92 Å². The van der Waals surface area contributed by atoms with E-state index in [1.807, 2.05) is 13.0 Å². The van der Waals surface area contributed by atoms with E-state index in [9.17, 15) is 15.0 Å². The summed E-state index contributed by atoms with van der Waals surface area (Å²) in [5, 5.41) is 20.6. The van der Waals surface area contributed by atoms with Crippen molar-refractivity contribution in [1.82, 2.24) is 0 Å². The van der Waals surface area contributed by atoms with E-state index >= 15 is 0 Å². The van der Waals surface area contributed by atoms with Gasteiger partial charge in [-0.05, 0) is 87.0 Å². The van der Waals surface area contributed by atoms with Crippen LogP contribution in [0.3, 0.4) is 0 Å². The minimum atomic E-state index is -0.319. The Morgan fingerprint density at radius 3 is 2.67 bits per heavy atom. The second kappa shape index (κ2) is 5.67. The van der Waals surface area contributed by atoms with E-state index in [-0.39, 0.29) is 29.5 Å². The summed E-state index contributed by atoms with van der Waals surface area (Å²) >= 11 is 0. The lowest BCUT2D eigenvalue weighted by atomic mass is 9.46. The topological polar surface area (TPSA) is 57.5 Å². The summed E-state index contributed by atoms with van der Waals surface area (Å²) in [6, 6.07) is 0. The lowest BCUT2D eigenvalue weighted by Gasteiger charge is -2.58. The van der Waals surface area contributed by atoms with E-state index < -0.39 is 0 Å². The Labute approximate surface area is 145 Å². The van der Waals surface area contributed by atoms with Gasteiger partial charge in [0, 0.05) is 18.4 Å². The van der Waals surface area contributed by atoms with Gasteiger partial charge < -0.3 is 10.2 Å². The molecule has 0 aliphatic heterocycles. The Balaban J connectivity index is 1.68. The second-order valence-electron chi connectivity index (χ2n) is 9.32. The second-order valence-corrected chi connectivity index (χ2v) is 9.32. The predicted octanol–water partition coefficient (Wildman–Crippen LogP) is 3.49. The SMILES string of the molecule is C[C@@H](O)C1CCC2C3CCC4=CC(=O)CCC4(C)C3CCC21CO. The van der Waals surface area contributed by atoms with Crippen LogP contribution in [-0.4, -0.2) is 28.7 Å². The number of fused-ring (bicyclic) bond motifs is 5. The Bertz CT molecular complexity index is 565. The van der Waals surface area contributed by atoms with Gasteiger partial charge in [0.1, 0.15) is 0 Å².